The minimum absolute atomic E-state index is 0. The van der Waals surface area contributed by atoms with Crippen molar-refractivity contribution in [1.82, 2.24) is 5.32 Å². The summed E-state index contributed by atoms with van der Waals surface area (Å²) in [5.74, 6) is 0. The fourth-order valence-corrected chi connectivity index (χ4v) is 1.10. The molecule has 0 aliphatic carbocycles. The van der Waals surface area contributed by atoms with E-state index in [1.807, 2.05) is 19.9 Å². The van der Waals surface area contributed by atoms with Gasteiger partial charge in [0.05, 0.1) is 4.92 Å². The highest BCUT2D eigenvalue weighted by atomic mass is 79.9. The lowest BCUT2D eigenvalue weighted by atomic mass is 10.2. The van der Waals surface area contributed by atoms with E-state index >= 15 is 0 Å². The number of hydrogen-bond acceptors (Lipinski definition) is 3. The Hall–Kier alpha value is -0.940. The standard InChI is InChI=1S/C10H14N2O2.BrH/c1-8(2)11-7-9-4-3-5-10(6-9)12(13)14;/h3-6,8,11H,7H2,1-2H3;1H. The molecule has 0 amide bonds. The van der Waals surface area contributed by atoms with Crippen LogP contribution < -0.4 is 5.32 Å². The molecule has 0 unspecified atom stereocenters. The van der Waals surface area contributed by atoms with E-state index in [0.717, 1.165) is 5.56 Å². The van der Waals surface area contributed by atoms with Crippen molar-refractivity contribution in [2.24, 2.45) is 0 Å². The predicted octanol–water partition coefficient (Wildman–Crippen LogP) is 2.67. The Labute approximate surface area is 99.6 Å². The second kappa shape index (κ2) is 6.53. The van der Waals surface area contributed by atoms with Crippen LogP contribution in [-0.4, -0.2) is 11.0 Å². The van der Waals surface area contributed by atoms with E-state index in [1.165, 1.54) is 6.07 Å². The van der Waals surface area contributed by atoms with E-state index in [9.17, 15) is 10.1 Å². The molecule has 0 saturated carbocycles. The van der Waals surface area contributed by atoms with Gasteiger partial charge in [0.1, 0.15) is 0 Å². The number of hydrogen-bond donors (Lipinski definition) is 1. The van der Waals surface area contributed by atoms with Gasteiger partial charge in [0.15, 0.2) is 0 Å². The van der Waals surface area contributed by atoms with Crippen molar-refractivity contribution < 1.29 is 4.92 Å². The molecule has 0 saturated heterocycles. The zero-order valence-corrected chi connectivity index (χ0v) is 10.5. The molecule has 0 aliphatic heterocycles. The highest BCUT2D eigenvalue weighted by Gasteiger charge is 2.05. The molecule has 0 atom stereocenters. The SMILES string of the molecule is Br.CC(C)NCc1cccc([N+](=O)[O-])c1. The van der Waals surface area contributed by atoms with Gasteiger partial charge in [0.25, 0.3) is 5.69 Å². The number of non-ortho nitro benzene ring substituents is 1. The molecule has 1 aromatic carbocycles. The van der Waals surface area contributed by atoms with Gasteiger partial charge < -0.3 is 5.32 Å². The highest BCUT2D eigenvalue weighted by Crippen LogP contribution is 2.12. The lowest BCUT2D eigenvalue weighted by molar-refractivity contribution is -0.384. The molecule has 0 aromatic heterocycles. The first-order chi connectivity index (χ1) is 6.59. The Kier molecular flexibility index (Phi) is 6.12. The summed E-state index contributed by atoms with van der Waals surface area (Å²) in [5, 5.41) is 13.7. The summed E-state index contributed by atoms with van der Waals surface area (Å²) < 4.78 is 0. The number of nitrogens with one attached hydrogen (secondary N) is 1. The van der Waals surface area contributed by atoms with Crippen LogP contribution in [-0.2, 0) is 6.54 Å². The van der Waals surface area contributed by atoms with Crippen molar-refractivity contribution in [2.75, 3.05) is 0 Å². The third kappa shape index (κ3) is 4.90. The summed E-state index contributed by atoms with van der Waals surface area (Å²) >= 11 is 0. The highest BCUT2D eigenvalue weighted by molar-refractivity contribution is 8.93. The first kappa shape index (κ1) is 14.1. The average molecular weight is 275 g/mol. The minimum atomic E-state index is -0.376. The molecule has 5 heteroatoms. The number of nitro benzene ring substituents is 1. The van der Waals surface area contributed by atoms with E-state index in [1.54, 1.807) is 12.1 Å². The summed E-state index contributed by atoms with van der Waals surface area (Å²) in [6.07, 6.45) is 0. The van der Waals surface area contributed by atoms with Crippen molar-refractivity contribution in [1.29, 1.82) is 0 Å². The molecular weight excluding hydrogens is 260 g/mol. The summed E-state index contributed by atoms with van der Waals surface area (Å²) in [7, 11) is 0. The van der Waals surface area contributed by atoms with Gasteiger partial charge in [-0.3, -0.25) is 10.1 Å². The van der Waals surface area contributed by atoms with E-state index in [-0.39, 0.29) is 27.6 Å². The quantitative estimate of drug-likeness (QED) is 0.679. The van der Waals surface area contributed by atoms with Crippen LogP contribution in [0.1, 0.15) is 19.4 Å². The van der Waals surface area contributed by atoms with Crippen molar-refractivity contribution >= 4 is 22.7 Å². The third-order valence-electron chi connectivity index (χ3n) is 1.84. The normalized spacial score (nSPS) is 9.80. The van der Waals surface area contributed by atoms with Crippen LogP contribution in [0, 0.1) is 10.1 Å². The second-order valence-electron chi connectivity index (χ2n) is 3.46. The molecule has 0 bridgehead atoms. The Morgan fingerprint density at radius 2 is 2.13 bits per heavy atom. The molecule has 0 aliphatic rings. The second-order valence-corrected chi connectivity index (χ2v) is 3.46. The van der Waals surface area contributed by atoms with Crippen LogP contribution in [0.25, 0.3) is 0 Å². The van der Waals surface area contributed by atoms with Crippen LogP contribution in [0.15, 0.2) is 24.3 Å². The zero-order chi connectivity index (χ0) is 10.6. The maximum atomic E-state index is 10.5. The Morgan fingerprint density at radius 3 is 2.67 bits per heavy atom. The lowest BCUT2D eigenvalue weighted by Crippen LogP contribution is -2.21. The first-order valence-electron chi connectivity index (χ1n) is 4.56. The van der Waals surface area contributed by atoms with Gasteiger partial charge in [-0.1, -0.05) is 26.0 Å². The number of nitro groups is 1. The largest absolute Gasteiger partial charge is 0.310 e. The number of rotatable bonds is 4. The van der Waals surface area contributed by atoms with Crippen molar-refractivity contribution in [2.45, 2.75) is 26.4 Å². The molecule has 0 heterocycles. The number of nitrogens with zero attached hydrogens (tertiary/aromatic N) is 1. The van der Waals surface area contributed by atoms with Crippen molar-refractivity contribution in [3.05, 3.63) is 39.9 Å². The monoisotopic (exact) mass is 274 g/mol. The summed E-state index contributed by atoms with van der Waals surface area (Å²) in [6.45, 7) is 4.74. The van der Waals surface area contributed by atoms with E-state index in [0.29, 0.717) is 12.6 Å². The number of halogens is 1. The van der Waals surface area contributed by atoms with Gasteiger partial charge in [0.2, 0.25) is 0 Å². The average Bonchev–Trinajstić information content (AvgIpc) is 2.15. The first-order valence-corrected chi connectivity index (χ1v) is 4.56. The van der Waals surface area contributed by atoms with Crippen molar-refractivity contribution in [3.8, 4) is 0 Å². The van der Waals surface area contributed by atoms with E-state index in [4.69, 9.17) is 0 Å². The van der Waals surface area contributed by atoms with Crippen LogP contribution in [0.5, 0.6) is 0 Å². The molecule has 0 fully saturated rings. The van der Waals surface area contributed by atoms with Gasteiger partial charge >= 0.3 is 0 Å². The van der Waals surface area contributed by atoms with Gasteiger partial charge in [-0.15, -0.1) is 17.0 Å². The van der Waals surface area contributed by atoms with Gasteiger partial charge in [-0.25, -0.2) is 0 Å². The van der Waals surface area contributed by atoms with Crippen molar-refractivity contribution in [3.63, 3.8) is 0 Å². The molecule has 1 N–H and O–H groups in total. The molecule has 0 spiro atoms. The van der Waals surface area contributed by atoms with Crippen LogP contribution >= 0.6 is 17.0 Å². The molecule has 0 radical (unpaired) electrons. The Balaban J connectivity index is 0.00000196. The zero-order valence-electron chi connectivity index (χ0n) is 8.77. The molecular formula is C10H15BrN2O2. The van der Waals surface area contributed by atoms with E-state index in [2.05, 4.69) is 5.32 Å². The topological polar surface area (TPSA) is 55.2 Å². The maximum Gasteiger partial charge on any atom is 0.269 e. The Morgan fingerprint density at radius 1 is 1.47 bits per heavy atom. The summed E-state index contributed by atoms with van der Waals surface area (Å²) in [4.78, 5) is 10.1. The summed E-state index contributed by atoms with van der Waals surface area (Å²) in [6, 6.07) is 7.06. The van der Waals surface area contributed by atoms with E-state index < -0.39 is 0 Å². The van der Waals surface area contributed by atoms with Crippen LogP contribution in [0.2, 0.25) is 0 Å². The maximum absolute atomic E-state index is 10.5. The minimum Gasteiger partial charge on any atom is -0.310 e. The Bertz CT molecular complexity index is 329. The molecule has 1 aromatic rings. The predicted molar refractivity (Wildman–Crippen MR) is 65.4 cm³/mol. The molecule has 15 heavy (non-hydrogen) atoms. The molecule has 4 nitrogen and oxygen atoms in total. The van der Waals surface area contributed by atoms with Gasteiger partial charge in [0, 0.05) is 24.7 Å². The third-order valence-corrected chi connectivity index (χ3v) is 1.84. The van der Waals surface area contributed by atoms with Gasteiger partial charge in [-0.05, 0) is 5.56 Å². The smallest absolute Gasteiger partial charge is 0.269 e. The fraction of sp³-hybridized carbons (Fsp3) is 0.400. The lowest BCUT2D eigenvalue weighted by Gasteiger charge is -2.07. The summed E-state index contributed by atoms with van der Waals surface area (Å²) in [5.41, 5.74) is 1.08. The van der Waals surface area contributed by atoms with Crippen LogP contribution in [0.3, 0.4) is 0 Å². The molecule has 1 rings (SSSR count). The molecule has 84 valence electrons. The van der Waals surface area contributed by atoms with Crippen LogP contribution in [0.4, 0.5) is 5.69 Å². The van der Waals surface area contributed by atoms with Gasteiger partial charge in [-0.2, -0.15) is 0 Å². The fourth-order valence-electron chi connectivity index (χ4n) is 1.10. The number of benzene rings is 1.